The van der Waals surface area contributed by atoms with Crippen LogP contribution in [0.3, 0.4) is 0 Å². The third-order valence-corrected chi connectivity index (χ3v) is 2.06. The molecule has 0 aliphatic carbocycles. The van der Waals surface area contributed by atoms with Crippen molar-refractivity contribution in [2.24, 2.45) is 0 Å². The molecular weight excluding hydrogens is 192 g/mol. The first kappa shape index (κ1) is 5.92. The van der Waals surface area contributed by atoms with Crippen molar-refractivity contribution in [3.05, 3.63) is 35.1 Å². The Bertz CT molecular complexity index is 353. The number of hydrogen-bond acceptors (Lipinski definition) is 1. The number of hydrogen-bond donors (Lipinski definition) is 0. The zero-order chi connectivity index (χ0) is 6.97. The Balaban J connectivity index is 2.93. The molecule has 0 saturated carbocycles. The molecule has 10 heavy (non-hydrogen) atoms. The molecule has 2 aromatic rings. The lowest BCUT2D eigenvalue weighted by Gasteiger charge is -1.89. The zero-order valence-corrected chi connectivity index (χ0v) is 6.75. The van der Waals surface area contributed by atoms with Crippen LogP contribution in [-0.2, 0) is 0 Å². The van der Waals surface area contributed by atoms with Crippen molar-refractivity contribution in [2.45, 2.75) is 0 Å². The lowest BCUT2D eigenvalue weighted by Crippen LogP contribution is -1.84. The van der Waals surface area contributed by atoms with Crippen LogP contribution in [0.25, 0.3) is 5.52 Å². The topological polar surface area (TPSA) is 17.3 Å². The van der Waals surface area contributed by atoms with Crippen LogP contribution in [0.5, 0.6) is 0 Å². The minimum atomic E-state index is 1.08. The van der Waals surface area contributed by atoms with Gasteiger partial charge in [-0.2, -0.15) is 5.10 Å². The van der Waals surface area contributed by atoms with E-state index < -0.39 is 0 Å². The monoisotopic (exact) mass is 196 g/mol. The van der Waals surface area contributed by atoms with Gasteiger partial charge >= 0.3 is 0 Å². The van der Waals surface area contributed by atoms with Crippen LogP contribution in [0.1, 0.15) is 0 Å². The molecule has 0 aliphatic rings. The van der Waals surface area contributed by atoms with Gasteiger partial charge in [0.15, 0.2) is 0 Å². The second kappa shape index (κ2) is 2.09. The maximum atomic E-state index is 4.09. The summed E-state index contributed by atoms with van der Waals surface area (Å²) < 4.78 is 2.91. The number of nitrogens with zero attached hydrogens (tertiary/aromatic N) is 2. The lowest BCUT2D eigenvalue weighted by atomic mass is 10.5. The van der Waals surface area contributed by atoms with Crippen molar-refractivity contribution in [3.63, 3.8) is 0 Å². The van der Waals surface area contributed by atoms with Crippen molar-refractivity contribution < 1.29 is 0 Å². The van der Waals surface area contributed by atoms with Gasteiger partial charge in [-0.1, -0.05) is 0 Å². The van der Waals surface area contributed by atoms with Crippen molar-refractivity contribution in [3.8, 4) is 0 Å². The molecule has 0 radical (unpaired) electrons. The van der Waals surface area contributed by atoms with Gasteiger partial charge in [-0.3, -0.25) is 0 Å². The number of aromatic nitrogens is 2. The van der Waals surface area contributed by atoms with Crippen LogP contribution in [0.4, 0.5) is 0 Å². The molecule has 0 atom stereocenters. The molecule has 0 amide bonds. The van der Waals surface area contributed by atoms with Crippen molar-refractivity contribution in [1.29, 1.82) is 0 Å². The Morgan fingerprint density at radius 1 is 1.40 bits per heavy atom. The summed E-state index contributed by atoms with van der Waals surface area (Å²) in [5.41, 5.74) is 1.10. The highest BCUT2D eigenvalue weighted by atomic mass is 79.9. The molecular formula is C7H5BrN2. The Morgan fingerprint density at radius 2 is 2.30 bits per heavy atom. The number of rotatable bonds is 0. The van der Waals surface area contributed by atoms with Gasteiger partial charge in [0.2, 0.25) is 0 Å². The fourth-order valence-electron chi connectivity index (χ4n) is 0.912. The van der Waals surface area contributed by atoms with E-state index in [0.29, 0.717) is 0 Å². The fraction of sp³-hybridized carbons (Fsp3) is 0. The van der Waals surface area contributed by atoms with E-state index in [1.54, 1.807) is 6.20 Å². The molecule has 0 bridgehead atoms. The summed E-state index contributed by atoms with van der Waals surface area (Å²) in [4.78, 5) is 0. The number of fused-ring (bicyclic) bond motifs is 1. The van der Waals surface area contributed by atoms with Crippen LogP contribution in [0, 0.1) is 0 Å². The Morgan fingerprint density at radius 3 is 3.10 bits per heavy atom. The quantitative estimate of drug-likeness (QED) is 0.632. The van der Waals surface area contributed by atoms with Crippen LogP contribution < -0.4 is 0 Å². The molecule has 2 nitrogen and oxygen atoms in total. The maximum absolute atomic E-state index is 4.09. The van der Waals surface area contributed by atoms with Crippen LogP contribution in [0.15, 0.2) is 35.1 Å². The minimum Gasteiger partial charge on any atom is -0.240 e. The van der Waals surface area contributed by atoms with Gasteiger partial charge in [-0.15, -0.1) is 0 Å². The highest BCUT2D eigenvalue weighted by Gasteiger charge is 1.95. The first-order chi connectivity index (χ1) is 4.88. The SMILES string of the molecule is Brc1ccn2ncccc12. The van der Waals surface area contributed by atoms with Crippen LogP contribution in [0.2, 0.25) is 0 Å². The minimum absolute atomic E-state index is 1.08. The maximum Gasteiger partial charge on any atom is 0.0788 e. The van der Waals surface area contributed by atoms with Crippen molar-refractivity contribution >= 4 is 21.4 Å². The summed E-state index contributed by atoms with van der Waals surface area (Å²) in [6.07, 6.45) is 3.68. The molecule has 0 aliphatic heterocycles. The largest absolute Gasteiger partial charge is 0.240 e. The Labute approximate surface area is 66.6 Å². The van der Waals surface area contributed by atoms with Crippen molar-refractivity contribution in [2.75, 3.05) is 0 Å². The second-order valence-corrected chi connectivity index (χ2v) is 2.87. The molecule has 0 fully saturated rings. The lowest BCUT2D eigenvalue weighted by molar-refractivity contribution is 0.940. The van der Waals surface area contributed by atoms with Crippen molar-refractivity contribution in [1.82, 2.24) is 9.61 Å². The zero-order valence-electron chi connectivity index (χ0n) is 5.16. The normalized spacial score (nSPS) is 10.5. The first-order valence-corrected chi connectivity index (χ1v) is 3.75. The van der Waals surface area contributed by atoms with Gasteiger partial charge in [0.25, 0.3) is 0 Å². The Hall–Kier alpha value is -0.830. The Kier molecular flexibility index (Phi) is 1.24. The summed E-state index contributed by atoms with van der Waals surface area (Å²) >= 11 is 3.41. The van der Waals surface area contributed by atoms with E-state index in [2.05, 4.69) is 21.0 Å². The third-order valence-electron chi connectivity index (χ3n) is 1.38. The average molecular weight is 197 g/mol. The van der Waals surface area contributed by atoms with E-state index >= 15 is 0 Å². The van der Waals surface area contributed by atoms with E-state index in [-0.39, 0.29) is 0 Å². The van der Waals surface area contributed by atoms with Gasteiger partial charge in [0, 0.05) is 16.9 Å². The molecule has 0 aromatic carbocycles. The molecule has 0 saturated heterocycles. The summed E-state index contributed by atoms with van der Waals surface area (Å²) in [5.74, 6) is 0. The van der Waals surface area contributed by atoms with Gasteiger partial charge < -0.3 is 0 Å². The van der Waals surface area contributed by atoms with Gasteiger partial charge in [0.05, 0.1) is 5.52 Å². The molecule has 2 rings (SSSR count). The van der Waals surface area contributed by atoms with Gasteiger partial charge in [-0.25, -0.2) is 4.52 Å². The fourth-order valence-corrected chi connectivity index (χ4v) is 1.34. The molecule has 0 unspecified atom stereocenters. The van der Waals surface area contributed by atoms with E-state index in [9.17, 15) is 0 Å². The second-order valence-electron chi connectivity index (χ2n) is 2.02. The molecule has 50 valence electrons. The predicted molar refractivity (Wildman–Crippen MR) is 42.9 cm³/mol. The van der Waals surface area contributed by atoms with E-state index in [0.717, 1.165) is 9.99 Å². The van der Waals surface area contributed by atoms with Gasteiger partial charge in [-0.05, 0) is 34.1 Å². The summed E-state index contributed by atoms with van der Waals surface area (Å²) in [6, 6.07) is 5.90. The van der Waals surface area contributed by atoms with Crippen LogP contribution >= 0.6 is 15.9 Å². The van der Waals surface area contributed by atoms with E-state index in [1.807, 2.05) is 28.9 Å². The van der Waals surface area contributed by atoms with E-state index in [4.69, 9.17) is 0 Å². The molecule has 3 heteroatoms. The smallest absolute Gasteiger partial charge is 0.0788 e. The standard InChI is InChI=1S/C7H5BrN2/c8-6-3-5-10-7(6)2-1-4-9-10/h1-5H. The summed E-state index contributed by atoms with van der Waals surface area (Å²) in [5, 5.41) is 4.09. The third kappa shape index (κ3) is 0.743. The summed E-state index contributed by atoms with van der Waals surface area (Å²) in [7, 11) is 0. The summed E-state index contributed by atoms with van der Waals surface area (Å²) in [6.45, 7) is 0. The molecule has 2 aromatic heterocycles. The highest BCUT2D eigenvalue weighted by molar-refractivity contribution is 9.10. The predicted octanol–water partition coefficient (Wildman–Crippen LogP) is 2.10. The number of halogens is 1. The van der Waals surface area contributed by atoms with Gasteiger partial charge in [0.1, 0.15) is 0 Å². The molecule has 0 spiro atoms. The molecule has 2 heterocycles. The molecule has 0 N–H and O–H groups in total. The highest BCUT2D eigenvalue weighted by Crippen LogP contribution is 2.16. The van der Waals surface area contributed by atoms with Crippen LogP contribution in [-0.4, -0.2) is 9.61 Å². The average Bonchev–Trinajstić information content (AvgIpc) is 2.34. The van der Waals surface area contributed by atoms with E-state index in [1.165, 1.54) is 0 Å². The first-order valence-electron chi connectivity index (χ1n) is 2.96.